The zero-order valence-electron chi connectivity index (χ0n) is 20.2. The first-order valence-electron chi connectivity index (χ1n) is 11.7. The molecule has 1 heterocycles. The molecular formula is C29H29ClN2O2S. The Balaban J connectivity index is 1.64. The number of ether oxygens (including phenoxy) is 1. The monoisotopic (exact) mass is 504 g/mol. The Morgan fingerprint density at radius 3 is 2.60 bits per heavy atom. The third-order valence-electron chi connectivity index (χ3n) is 6.33. The first-order chi connectivity index (χ1) is 16.7. The van der Waals surface area contributed by atoms with Crippen molar-refractivity contribution in [3.63, 3.8) is 0 Å². The molecule has 1 aliphatic carbocycles. The van der Waals surface area contributed by atoms with E-state index in [1.165, 1.54) is 4.88 Å². The molecule has 0 saturated heterocycles. The van der Waals surface area contributed by atoms with E-state index < -0.39 is 0 Å². The first kappa shape index (κ1) is 25.0. The molecule has 0 radical (unpaired) electrons. The Labute approximate surface area is 216 Å². The molecule has 0 saturated carbocycles. The van der Waals surface area contributed by atoms with Gasteiger partial charge in [0.2, 0.25) is 0 Å². The van der Waals surface area contributed by atoms with E-state index in [1.54, 1.807) is 41.8 Å². The maximum atomic E-state index is 13.4. The van der Waals surface area contributed by atoms with E-state index in [4.69, 9.17) is 27.8 Å². The lowest BCUT2D eigenvalue weighted by Crippen LogP contribution is -2.27. The Kier molecular flexibility index (Phi) is 7.64. The summed E-state index contributed by atoms with van der Waals surface area (Å²) in [5.74, 6) is 3.61. The number of hydrogen-bond acceptors (Lipinski definition) is 4. The highest BCUT2D eigenvalue weighted by molar-refractivity contribution is 7.16. The number of aliphatic imine (C=N–C) groups is 1. The largest absolute Gasteiger partial charge is 0.481 e. The number of benzene rings is 2. The molecule has 35 heavy (non-hydrogen) atoms. The van der Waals surface area contributed by atoms with Gasteiger partial charge in [0.25, 0.3) is 5.91 Å². The van der Waals surface area contributed by atoms with Gasteiger partial charge in [0, 0.05) is 21.8 Å². The van der Waals surface area contributed by atoms with Crippen molar-refractivity contribution in [2.24, 2.45) is 16.3 Å². The van der Waals surface area contributed by atoms with Crippen LogP contribution < -0.4 is 10.1 Å². The summed E-state index contributed by atoms with van der Waals surface area (Å²) in [7, 11) is 0. The SMILES string of the molecule is C#CCOc1ccc(C=Nc2sc3c(c2C(=O)Nc2ccc(Cl)cc2)CC[C@H](C(C)(C)C)C3)cc1. The molecule has 4 nitrogen and oxygen atoms in total. The Hall–Kier alpha value is -3.07. The quantitative estimate of drug-likeness (QED) is 0.278. The first-order valence-corrected chi connectivity index (χ1v) is 12.9. The fraction of sp³-hybridized carbons (Fsp3) is 0.310. The molecule has 6 heteroatoms. The number of amides is 1. The van der Waals surface area contributed by atoms with Crippen molar-refractivity contribution in [1.82, 2.24) is 0 Å². The van der Waals surface area contributed by atoms with E-state index in [2.05, 4.69) is 32.0 Å². The van der Waals surface area contributed by atoms with E-state index in [0.29, 0.717) is 27.9 Å². The molecule has 1 aliphatic rings. The van der Waals surface area contributed by atoms with Gasteiger partial charge in [0.05, 0.1) is 5.56 Å². The number of halogens is 1. The summed E-state index contributed by atoms with van der Waals surface area (Å²) in [4.78, 5) is 19.5. The van der Waals surface area contributed by atoms with Crippen molar-refractivity contribution < 1.29 is 9.53 Å². The molecule has 0 spiro atoms. The van der Waals surface area contributed by atoms with Crippen LogP contribution in [0.15, 0.2) is 53.5 Å². The lowest BCUT2D eigenvalue weighted by molar-refractivity contribution is 0.102. The summed E-state index contributed by atoms with van der Waals surface area (Å²) >= 11 is 7.64. The summed E-state index contributed by atoms with van der Waals surface area (Å²) in [6.45, 7) is 7.11. The van der Waals surface area contributed by atoms with E-state index in [1.807, 2.05) is 24.3 Å². The topological polar surface area (TPSA) is 50.7 Å². The van der Waals surface area contributed by atoms with Crippen LogP contribution in [0.1, 0.15) is 53.6 Å². The summed E-state index contributed by atoms with van der Waals surface area (Å²) in [5.41, 5.74) is 3.66. The number of anilines is 1. The summed E-state index contributed by atoms with van der Waals surface area (Å²) in [6.07, 6.45) is 9.97. The minimum absolute atomic E-state index is 0.135. The highest BCUT2D eigenvalue weighted by atomic mass is 35.5. The molecular weight excluding hydrogens is 476 g/mol. The molecule has 0 fully saturated rings. The van der Waals surface area contributed by atoms with Crippen molar-refractivity contribution in [3.8, 4) is 18.1 Å². The van der Waals surface area contributed by atoms with Crippen molar-refractivity contribution in [3.05, 3.63) is 75.1 Å². The zero-order chi connectivity index (χ0) is 25.0. The maximum Gasteiger partial charge on any atom is 0.259 e. The van der Waals surface area contributed by atoms with Crippen LogP contribution in [0.3, 0.4) is 0 Å². The third-order valence-corrected chi connectivity index (χ3v) is 7.75. The average molecular weight is 505 g/mol. The summed E-state index contributed by atoms with van der Waals surface area (Å²) in [5, 5.41) is 4.40. The molecule has 3 aromatic rings. The number of hydrogen-bond donors (Lipinski definition) is 1. The maximum absolute atomic E-state index is 13.4. The van der Waals surface area contributed by atoms with Crippen LogP contribution in [0, 0.1) is 23.7 Å². The minimum atomic E-state index is -0.135. The van der Waals surface area contributed by atoms with Gasteiger partial charge in [-0.2, -0.15) is 0 Å². The van der Waals surface area contributed by atoms with Gasteiger partial charge >= 0.3 is 0 Å². The number of thiophene rings is 1. The van der Waals surface area contributed by atoms with Gasteiger partial charge in [0.15, 0.2) is 0 Å². The summed E-state index contributed by atoms with van der Waals surface area (Å²) < 4.78 is 5.44. The molecule has 1 amide bonds. The van der Waals surface area contributed by atoms with Crippen molar-refractivity contribution >= 4 is 45.7 Å². The summed E-state index contributed by atoms with van der Waals surface area (Å²) in [6, 6.07) is 14.7. The predicted molar refractivity (Wildman–Crippen MR) is 147 cm³/mol. The third kappa shape index (κ3) is 6.14. The molecule has 2 aromatic carbocycles. The normalized spacial score (nSPS) is 15.5. The number of carbonyl (C=O) groups is 1. The van der Waals surface area contributed by atoms with Crippen LogP contribution in [-0.4, -0.2) is 18.7 Å². The fourth-order valence-corrected chi connectivity index (χ4v) is 5.67. The minimum Gasteiger partial charge on any atom is -0.481 e. The van der Waals surface area contributed by atoms with Crippen molar-refractivity contribution in [2.45, 2.75) is 40.0 Å². The number of nitrogens with zero attached hydrogens (tertiary/aromatic N) is 1. The van der Waals surface area contributed by atoms with E-state index in [-0.39, 0.29) is 17.9 Å². The van der Waals surface area contributed by atoms with Crippen LogP contribution in [-0.2, 0) is 12.8 Å². The van der Waals surface area contributed by atoms with Gasteiger partial charge in [-0.15, -0.1) is 17.8 Å². The lowest BCUT2D eigenvalue weighted by atomic mass is 9.72. The molecule has 1 N–H and O–H groups in total. The molecule has 1 atom stereocenters. The number of terminal acetylenes is 1. The van der Waals surface area contributed by atoms with Gasteiger partial charge in [-0.3, -0.25) is 4.79 Å². The molecule has 180 valence electrons. The van der Waals surface area contributed by atoms with Crippen LogP contribution >= 0.6 is 22.9 Å². The molecule has 4 rings (SSSR count). The van der Waals surface area contributed by atoms with Crippen molar-refractivity contribution in [1.29, 1.82) is 0 Å². The Morgan fingerprint density at radius 2 is 1.94 bits per heavy atom. The number of rotatable bonds is 6. The number of nitrogens with one attached hydrogen (secondary N) is 1. The van der Waals surface area contributed by atoms with Crippen LogP contribution in [0.25, 0.3) is 0 Å². The van der Waals surface area contributed by atoms with Crippen molar-refractivity contribution in [2.75, 3.05) is 11.9 Å². The standard InChI is InChI=1S/C29H29ClN2O2S/c1-5-16-34-23-13-6-19(7-14-23)18-31-28-26(27(33)32-22-11-9-21(30)10-12-22)24-15-8-20(29(2,3)4)17-25(24)35-28/h1,6-7,9-14,18,20H,8,15-17H2,2-4H3,(H,32,33)/t20-/m0/s1. The Morgan fingerprint density at radius 1 is 1.23 bits per heavy atom. The molecule has 0 unspecified atom stereocenters. The second kappa shape index (κ2) is 10.7. The molecule has 0 bridgehead atoms. The second-order valence-electron chi connectivity index (χ2n) is 9.77. The van der Waals surface area contributed by atoms with Gasteiger partial charge in [-0.05, 0) is 90.3 Å². The smallest absolute Gasteiger partial charge is 0.259 e. The molecule has 0 aliphatic heterocycles. The second-order valence-corrected chi connectivity index (χ2v) is 11.3. The number of fused-ring (bicyclic) bond motifs is 1. The van der Waals surface area contributed by atoms with E-state index >= 15 is 0 Å². The zero-order valence-corrected chi connectivity index (χ0v) is 21.8. The number of carbonyl (C=O) groups excluding carboxylic acids is 1. The fourth-order valence-electron chi connectivity index (χ4n) is 4.27. The lowest BCUT2D eigenvalue weighted by Gasteiger charge is -2.33. The molecule has 1 aromatic heterocycles. The Bertz CT molecular complexity index is 1260. The predicted octanol–water partition coefficient (Wildman–Crippen LogP) is 7.57. The van der Waals surface area contributed by atoms with E-state index in [0.717, 1.165) is 35.4 Å². The van der Waals surface area contributed by atoms with Crippen LogP contribution in [0.5, 0.6) is 5.75 Å². The average Bonchev–Trinajstić information content (AvgIpc) is 3.21. The van der Waals surface area contributed by atoms with Gasteiger partial charge < -0.3 is 10.1 Å². The van der Waals surface area contributed by atoms with Crippen LogP contribution in [0.4, 0.5) is 10.7 Å². The van der Waals surface area contributed by atoms with Gasteiger partial charge in [-0.25, -0.2) is 4.99 Å². The highest BCUT2D eigenvalue weighted by Crippen LogP contribution is 2.45. The van der Waals surface area contributed by atoms with Crippen LogP contribution in [0.2, 0.25) is 5.02 Å². The van der Waals surface area contributed by atoms with E-state index in [9.17, 15) is 4.79 Å². The van der Waals surface area contributed by atoms with Gasteiger partial charge in [0.1, 0.15) is 17.4 Å². The van der Waals surface area contributed by atoms with Gasteiger partial charge in [-0.1, -0.05) is 38.3 Å². The highest BCUT2D eigenvalue weighted by Gasteiger charge is 2.33.